The third-order valence-corrected chi connectivity index (χ3v) is 2.25. The molecule has 84 valence electrons. The second kappa shape index (κ2) is 5.29. The zero-order chi connectivity index (χ0) is 12.1. The van der Waals surface area contributed by atoms with Crippen LogP contribution in [0.2, 0.25) is 0 Å². The lowest BCUT2D eigenvalue weighted by atomic mass is 10.0. The summed E-state index contributed by atoms with van der Waals surface area (Å²) in [4.78, 5) is 4.17. The van der Waals surface area contributed by atoms with Gasteiger partial charge in [0.05, 0.1) is 11.9 Å². The molecule has 4 nitrogen and oxygen atoms in total. The zero-order valence-electron chi connectivity index (χ0n) is 9.62. The lowest BCUT2D eigenvalue weighted by Crippen LogP contribution is -2.30. The number of aliphatic imine (C=N–C) groups is 1. The predicted octanol–water partition coefficient (Wildman–Crippen LogP) is 1.59. The first kappa shape index (κ1) is 12.2. The smallest absolute Gasteiger partial charge is 0.137 e. The largest absolute Gasteiger partial charge is 0.376 e. The summed E-state index contributed by atoms with van der Waals surface area (Å²) in [6, 6.07) is 2.02. The molecule has 0 aromatic rings. The minimum Gasteiger partial charge on any atom is -0.376 e. The molecule has 0 aliphatic carbocycles. The van der Waals surface area contributed by atoms with Crippen molar-refractivity contribution in [1.29, 1.82) is 5.26 Å². The summed E-state index contributed by atoms with van der Waals surface area (Å²) in [5.41, 5.74) is 8.69. The Kier molecular flexibility index (Phi) is 4.03. The van der Waals surface area contributed by atoms with Crippen LogP contribution in [-0.2, 0) is 0 Å². The maximum atomic E-state index is 8.68. The van der Waals surface area contributed by atoms with Crippen molar-refractivity contribution >= 4 is 5.71 Å². The molecule has 3 N–H and O–H groups in total. The minimum atomic E-state index is -0.0962. The molecule has 0 aromatic heterocycles. The number of nitrogens with two attached hydrogens (primary N) is 1. The van der Waals surface area contributed by atoms with Crippen LogP contribution in [0, 0.1) is 11.3 Å². The Labute approximate surface area is 95.9 Å². The van der Waals surface area contributed by atoms with Crippen molar-refractivity contribution in [2.75, 3.05) is 0 Å². The highest BCUT2D eigenvalue weighted by Gasteiger charge is 2.12. The molecule has 1 aliphatic heterocycles. The summed E-state index contributed by atoms with van der Waals surface area (Å²) >= 11 is 0. The summed E-state index contributed by atoms with van der Waals surface area (Å²) in [6.07, 6.45) is 4.19. The van der Waals surface area contributed by atoms with Gasteiger partial charge in [0.2, 0.25) is 0 Å². The number of allylic oxidation sites excluding steroid dienone is 4. The third-order valence-electron chi connectivity index (χ3n) is 2.25. The van der Waals surface area contributed by atoms with E-state index in [1.54, 1.807) is 6.08 Å². The van der Waals surface area contributed by atoms with Gasteiger partial charge in [0.15, 0.2) is 0 Å². The molecular formula is C12H16N4. The van der Waals surface area contributed by atoms with E-state index in [-0.39, 0.29) is 6.17 Å². The monoisotopic (exact) mass is 216 g/mol. The molecule has 0 saturated carbocycles. The zero-order valence-corrected chi connectivity index (χ0v) is 9.62. The van der Waals surface area contributed by atoms with Crippen molar-refractivity contribution in [3.05, 3.63) is 35.7 Å². The second-order valence-corrected chi connectivity index (χ2v) is 3.73. The SMILES string of the molecule is C=C(C1=NC(C#N)=CC1)/C(C)=C/NC(C)N. The molecule has 0 amide bonds. The lowest BCUT2D eigenvalue weighted by Gasteiger charge is -2.09. The van der Waals surface area contributed by atoms with Crippen LogP contribution in [-0.4, -0.2) is 11.9 Å². The van der Waals surface area contributed by atoms with Gasteiger partial charge in [-0.15, -0.1) is 0 Å². The van der Waals surface area contributed by atoms with Crippen molar-refractivity contribution in [3.8, 4) is 6.07 Å². The Hall–Kier alpha value is -1.86. The van der Waals surface area contributed by atoms with Crippen LogP contribution in [0.3, 0.4) is 0 Å². The van der Waals surface area contributed by atoms with Gasteiger partial charge in [0.1, 0.15) is 11.8 Å². The van der Waals surface area contributed by atoms with Crippen molar-refractivity contribution in [2.24, 2.45) is 10.7 Å². The maximum Gasteiger partial charge on any atom is 0.137 e. The maximum absolute atomic E-state index is 8.68. The van der Waals surface area contributed by atoms with Crippen molar-refractivity contribution in [3.63, 3.8) is 0 Å². The highest BCUT2D eigenvalue weighted by molar-refractivity contribution is 6.06. The van der Waals surface area contributed by atoms with E-state index in [1.807, 2.05) is 26.1 Å². The quantitative estimate of drug-likeness (QED) is 0.553. The van der Waals surface area contributed by atoms with Gasteiger partial charge in [0.25, 0.3) is 0 Å². The van der Waals surface area contributed by atoms with Crippen LogP contribution in [0.1, 0.15) is 20.3 Å². The summed E-state index contributed by atoms with van der Waals surface area (Å²) in [5.74, 6) is 0. The fourth-order valence-electron chi connectivity index (χ4n) is 1.26. The molecule has 0 saturated heterocycles. The van der Waals surface area contributed by atoms with Gasteiger partial charge in [-0.25, -0.2) is 4.99 Å². The van der Waals surface area contributed by atoms with Crippen LogP contribution in [0.25, 0.3) is 0 Å². The van der Waals surface area contributed by atoms with Crippen LogP contribution in [0.15, 0.2) is 40.7 Å². The summed E-state index contributed by atoms with van der Waals surface area (Å²) in [6.45, 7) is 7.75. The third kappa shape index (κ3) is 3.07. The summed E-state index contributed by atoms with van der Waals surface area (Å²) < 4.78 is 0. The minimum absolute atomic E-state index is 0.0962. The van der Waals surface area contributed by atoms with Crippen LogP contribution < -0.4 is 11.1 Å². The first-order valence-corrected chi connectivity index (χ1v) is 5.10. The predicted molar refractivity (Wildman–Crippen MR) is 65.4 cm³/mol. The first-order valence-electron chi connectivity index (χ1n) is 5.10. The Morgan fingerprint density at radius 2 is 2.50 bits per heavy atom. The number of rotatable bonds is 4. The Morgan fingerprint density at radius 3 is 3.00 bits per heavy atom. The van der Waals surface area contributed by atoms with E-state index in [9.17, 15) is 0 Å². The fraction of sp³-hybridized carbons (Fsp3) is 0.333. The number of nitriles is 1. The van der Waals surface area contributed by atoms with Crippen LogP contribution in [0.5, 0.6) is 0 Å². The molecule has 1 rings (SSSR count). The highest BCUT2D eigenvalue weighted by atomic mass is 15.0. The van der Waals surface area contributed by atoms with E-state index in [0.717, 1.165) is 16.9 Å². The number of hydrogen-bond donors (Lipinski definition) is 2. The van der Waals surface area contributed by atoms with Gasteiger partial charge in [-0.1, -0.05) is 6.58 Å². The topological polar surface area (TPSA) is 74.2 Å². The van der Waals surface area contributed by atoms with E-state index in [0.29, 0.717) is 12.1 Å². The Morgan fingerprint density at radius 1 is 1.81 bits per heavy atom. The molecule has 0 spiro atoms. The molecule has 0 bridgehead atoms. The van der Waals surface area contributed by atoms with Crippen LogP contribution in [0.4, 0.5) is 0 Å². The van der Waals surface area contributed by atoms with E-state index >= 15 is 0 Å². The molecule has 1 unspecified atom stereocenters. The number of nitrogens with one attached hydrogen (secondary N) is 1. The van der Waals surface area contributed by atoms with Gasteiger partial charge in [-0.3, -0.25) is 0 Å². The molecule has 1 heterocycles. The summed E-state index contributed by atoms with van der Waals surface area (Å²) in [5, 5.41) is 11.7. The number of hydrogen-bond acceptors (Lipinski definition) is 4. The highest BCUT2D eigenvalue weighted by Crippen LogP contribution is 2.18. The van der Waals surface area contributed by atoms with Crippen LogP contribution >= 0.6 is 0 Å². The molecule has 1 aliphatic rings. The van der Waals surface area contributed by atoms with E-state index in [2.05, 4.69) is 16.9 Å². The molecule has 4 heteroatoms. The normalized spacial score (nSPS) is 17.2. The molecule has 1 atom stereocenters. The van der Waals surface area contributed by atoms with Crippen molar-refractivity contribution < 1.29 is 0 Å². The van der Waals surface area contributed by atoms with Crippen molar-refractivity contribution in [2.45, 2.75) is 26.4 Å². The molecule has 0 fully saturated rings. The molecule has 16 heavy (non-hydrogen) atoms. The molecular weight excluding hydrogens is 200 g/mol. The second-order valence-electron chi connectivity index (χ2n) is 3.73. The first-order chi connectivity index (χ1) is 7.54. The summed E-state index contributed by atoms with van der Waals surface area (Å²) in [7, 11) is 0. The van der Waals surface area contributed by atoms with Gasteiger partial charge in [-0.05, 0) is 31.1 Å². The fourth-order valence-corrected chi connectivity index (χ4v) is 1.26. The van der Waals surface area contributed by atoms with Gasteiger partial charge in [-0.2, -0.15) is 5.26 Å². The standard InChI is InChI=1S/C12H16N4/c1-8(7-15-10(3)14)9(2)12-5-4-11(6-13)16-12/h4,7,10,15H,2,5,14H2,1,3H3/b8-7+. The van der Waals surface area contributed by atoms with E-state index < -0.39 is 0 Å². The average molecular weight is 216 g/mol. The Balaban J connectivity index is 2.68. The van der Waals surface area contributed by atoms with E-state index in [4.69, 9.17) is 11.0 Å². The van der Waals surface area contributed by atoms with E-state index in [1.165, 1.54) is 0 Å². The number of nitrogens with zero attached hydrogens (tertiary/aromatic N) is 2. The molecule has 0 radical (unpaired) electrons. The van der Waals surface area contributed by atoms with Gasteiger partial charge < -0.3 is 11.1 Å². The average Bonchev–Trinajstić information content (AvgIpc) is 2.73. The van der Waals surface area contributed by atoms with Gasteiger partial charge >= 0.3 is 0 Å². The lowest BCUT2D eigenvalue weighted by molar-refractivity contribution is 0.667. The van der Waals surface area contributed by atoms with Crippen molar-refractivity contribution in [1.82, 2.24) is 5.32 Å². The van der Waals surface area contributed by atoms with Gasteiger partial charge in [0, 0.05) is 12.6 Å². The Bertz CT molecular complexity index is 419. The molecule has 0 aromatic carbocycles.